The molecule has 2 aliphatic heterocycles. The molecule has 8 amide bonds. The topological polar surface area (TPSA) is 354 Å². The highest BCUT2D eigenvalue weighted by Crippen LogP contribution is 2.33. The lowest BCUT2D eigenvalue weighted by atomic mass is 9.92. The van der Waals surface area contributed by atoms with Gasteiger partial charge >= 0.3 is 11.9 Å². The van der Waals surface area contributed by atoms with Crippen molar-refractivity contribution in [3.8, 4) is 5.75 Å². The third-order valence-electron chi connectivity index (χ3n) is 14.6. The third kappa shape index (κ3) is 21.6. The minimum Gasteiger partial charge on any atom is -0.506 e. The molecule has 1 aromatic carbocycles. The average Bonchev–Trinajstić information content (AvgIpc) is 3.97. The summed E-state index contributed by atoms with van der Waals surface area (Å²) in [5.74, 6) is -7.03. The first-order valence-electron chi connectivity index (χ1n) is 28.1. The Morgan fingerprint density at radius 1 is 0.800 bits per heavy atom. The van der Waals surface area contributed by atoms with Crippen molar-refractivity contribution in [1.82, 2.24) is 50.5 Å². The van der Waals surface area contributed by atoms with Crippen LogP contribution in [-0.4, -0.2) is 198 Å². The van der Waals surface area contributed by atoms with Crippen LogP contribution >= 0.6 is 18.9 Å². The molecule has 85 heavy (non-hydrogen) atoms. The molecular weight excluding hydrogens is 1150 g/mol. The van der Waals surface area contributed by atoms with Gasteiger partial charge in [-0.25, -0.2) is 20.2 Å². The zero-order valence-electron chi connectivity index (χ0n) is 50.3. The van der Waals surface area contributed by atoms with Gasteiger partial charge in [0, 0.05) is 94.9 Å². The summed E-state index contributed by atoms with van der Waals surface area (Å²) >= 11 is 1.07. The van der Waals surface area contributed by atoms with Crippen LogP contribution in [0.5, 0.6) is 5.75 Å². The van der Waals surface area contributed by atoms with E-state index in [9.17, 15) is 62.7 Å². The summed E-state index contributed by atoms with van der Waals surface area (Å²) in [5.41, 5.74) is -0.343. The molecule has 470 valence electrons. The summed E-state index contributed by atoms with van der Waals surface area (Å²) in [4.78, 5) is 137. The summed E-state index contributed by atoms with van der Waals surface area (Å²) in [6.07, 6.45) is 4.21. The molecule has 4 rings (SSSR count). The van der Waals surface area contributed by atoms with E-state index < -0.39 is 90.7 Å². The maximum Gasteiger partial charge on any atom is 0.306 e. The molecule has 0 aliphatic carbocycles. The number of aromatic nitrogens is 1. The molecule has 0 spiro atoms. The first-order chi connectivity index (χ1) is 40.0. The Morgan fingerprint density at radius 3 is 1.89 bits per heavy atom. The first-order valence-corrected chi connectivity index (χ1v) is 30.7. The number of carboxylic acids is 1. The van der Waals surface area contributed by atoms with Gasteiger partial charge in [0.25, 0.3) is 37.1 Å². The van der Waals surface area contributed by atoms with E-state index in [0.29, 0.717) is 12.0 Å². The van der Waals surface area contributed by atoms with Gasteiger partial charge in [-0.2, -0.15) is 0 Å². The molecule has 6 atom stereocenters. The van der Waals surface area contributed by atoms with Gasteiger partial charge in [0.15, 0.2) is 6.10 Å². The number of esters is 1. The molecule has 8 N–H and O–H groups in total. The van der Waals surface area contributed by atoms with Crippen LogP contribution in [0.15, 0.2) is 47.9 Å². The number of carboxylic acid groups (broad SMARTS) is 1. The molecule has 0 saturated carbocycles. The number of phenols is 1. The molecule has 27 nitrogen and oxygen atoms in total. The lowest BCUT2D eigenvalue weighted by Crippen LogP contribution is -2.60. The van der Waals surface area contributed by atoms with Crippen LogP contribution in [0.3, 0.4) is 0 Å². The number of thiazole rings is 1. The Labute approximate surface area is 499 Å². The molecule has 1 aromatic heterocycles. The van der Waals surface area contributed by atoms with Crippen molar-refractivity contribution >= 4 is 83.8 Å². The quantitative estimate of drug-likeness (QED) is 0.0157. The number of likely N-dealkylation sites (N-methyl/N-ethyl adjacent to an activating group) is 2. The van der Waals surface area contributed by atoms with E-state index in [2.05, 4.69) is 36.2 Å². The summed E-state index contributed by atoms with van der Waals surface area (Å²) in [6.45, 7) is 14.0. The normalized spacial score (nSPS) is 15.7. The third-order valence-corrected chi connectivity index (χ3v) is 17.6. The maximum atomic E-state index is 14.3. The van der Waals surface area contributed by atoms with Gasteiger partial charge in [0.2, 0.25) is 17.7 Å². The van der Waals surface area contributed by atoms with Crippen LogP contribution < -0.4 is 31.2 Å². The minimum absolute atomic E-state index is 0.0126. The first kappa shape index (κ1) is 70.7. The fraction of sp³-hybridized carbons (Fsp3) is 0.589. The number of aromatic hydroxyl groups is 1. The van der Waals surface area contributed by atoms with Crippen molar-refractivity contribution in [2.75, 3.05) is 85.6 Å². The van der Waals surface area contributed by atoms with Crippen molar-refractivity contribution in [2.24, 2.45) is 17.8 Å². The van der Waals surface area contributed by atoms with Crippen molar-refractivity contribution in [3.05, 3.63) is 64.1 Å². The average molecular weight is 1230 g/mol. The molecule has 2 unspecified atom stereocenters. The number of hydrogen-bond acceptors (Lipinski definition) is 18. The molecule has 29 heteroatoms. The highest BCUT2D eigenvalue weighted by molar-refractivity contribution is 7.57. The summed E-state index contributed by atoms with van der Waals surface area (Å²) in [7, 11) is 1.60. The number of aliphatic carboxylic acids is 1. The van der Waals surface area contributed by atoms with Crippen molar-refractivity contribution < 1.29 is 76.9 Å². The Kier molecular flexibility index (Phi) is 27.6. The van der Waals surface area contributed by atoms with E-state index >= 15 is 0 Å². The standard InChI is InChI=1S/C56H84N11O16PS/c1-12-35(4)50(63-55(79)56(7,8)64(9)10)53(76)65(11)42(34(2)3)32-44(83-37(6)68)52-62-41(33-85-52)51(75)60-39(29-36(5)54(77)78)30-38-13-14-43(69)40(31-38)61-45(70)19-25-81-27-28-82-26-22-59-84(80,57-20-23-66-46(71)15-16-47(66)72)58-21-24-67-48(73)17-18-49(67)74/h13-18,31,33-36,39,42,44,50,69H,12,19-30,32H2,1-11H3,(H,60,75)(H,61,70)(H,63,79)(H,77,78)(H3,57,58,59,80)/t35-,36?,39+,42?,44+,50-/m0/s1. The molecule has 2 aliphatic rings. The lowest BCUT2D eigenvalue weighted by molar-refractivity contribution is -0.149. The molecule has 0 bridgehead atoms. The van der Waals surface area contributed by atoms with Gasteiger partial charge < -0.3 is 45.3 Å². The van der Waals surface area contributed by atoms with Crippen LogP contribution in [0.25, 0.3) is 0 Å². The van der Waals surface area contributed by atoms with Crippen LogP contribution in [0.4, 0.5) is 5.69 Å². The van der Waals surface area contributed by atoms with Crippen molar-refractivity contribution in [2.45, 2.75) is 117 Å². The summed E-state index contributed by atoms with van der Waals surface area (Å²) in [5, 5.41) is 39.3. The van der Waals surface area contributed by atoms with Crippen LogP contribution in [0.1, 0.15) is 108 Å². The number of phenolic OH excluding ortho intramolecular Hbond substituents is 1. The second-order valence-corrected chi connectivity index (χ2v) is 24.9. The Bertz CT molecular complexity index is 2740. The van der Waals surface area contributed by atoms with E-state index in [1.54, 1.807) is 50.9 Å². The maximum absolute atomic E-state index is 14.3. The number of carbonyl (C=O) groups is 10. The van der Waals surface area contributed by atoms with Gasteiger partial charge in [0.05, 0.1) is 50.0 Å². The van der Waals surface area contributed by atoms with Crippen LogP contribution in [0.2, 0.25) is 0 Å². The summed E-state index contributed by atoms with van der Waals surface area (Å²) < 4.78 is 30.7. The van der Waals surface area contributed by atoms with Crippen molar-refractivity contribution in [1.29, 1.82) is 0 Å². The van der Waals surface area contributed by atoms with Crippen LogP contribution in [-0.2, 0) is 68.3 Å². The second kappa shape index (κ2) is 33.2. The number of amides is 8. The fourth-order valence-electron chi connectivity index (χ4n) is 8.78. The SMILES string of the molecule is CC[C@H](C)[C@H](NC(=O)C(C)(C)N(C)C)C(=O)N(C)C(C[C@@H](OC(C)=O)c1nc(C(=O)N[C@@H](Cc2ccc(O)c(NC(=O)CCOCCOCCNP(=O)(NCCN3C(=O)C=CC3=O)NCCN3C(=O)C=CC3=O)c2)CC(C)C(=O)O)cs1)C(C)C. The molecule has 3 heterocycles. The highest BCUT2D eigenvalue weighted by atomic mass is 32.1. The van der Waals surface area contributed by atoms with E-state index in [1.807, 2.05) is 27.7 Å². The predicted octanol–water partition coefficient (Wildman–Crippen LogP) is 2.74. The second-order valence-electron chi connectivity index (χ2n) is 21.8. The zero-order chi connectivity index (χ0) is 63.3. The number of hydrogen-bond donors (Lipinski definition) is 8. The monoisotopic (exact) mass is 1230 g/mol. The van der Waals surface area contributed by atoms with Gasteiger partial charge in [-0.1, -0.05) is 47.1 Å². The van der Waals surface area contributed by atoms with E-state index in [0.717, 1.165) is 45.4 Å². The zero-order valence-corrected chi connectivity index (χ0v) is 52.0. The lowest BCUT2D eigenvalue weighted by Gasteiger charge is -2.38. The Morgan fingerprint density at radius 2 is 1.36 bits per heavy atom. The number of imide groups is 2. The molecule has 0 fully saturated rings. The number of carbonyl (C=O) groups excluding carboxylic acids is 9. The smallest absolute Gasteiger partial charge is 0.306 e. The Balaban J connectivity index is 1.32. The van der Waals surface area contributed by atoms with Gasteiger partial charge in [-0.15, -0.1) is 11.3 Å². The number of nitrogens with zero attached hydrogens (tertiary/aromatic N) is 5. The molecule has 2 aromatic rings. The molecule has 0 radical (unpaired) electrons. The van der Waals surface area contributed by atoms with Gasteiger partial charge in [-0.3, -0.25) is 67.2 Å². The number of rotatable bonds is 38. The minimum atomic E-state index is -3.62. The van der Waals surface area contributed by atoms with Crippen molar-refractivity contribution in [3.63, 3.8) is 0 Å². The number of benzene rings is 1. The van der Waals surface area contributed by atoms with E-state index in [4.69, 9.17) is 14.2 Å². The highest BCUT2D eigenvalue weighted by Gasteiger charge is 2.39. The summed E-state index contributed by atoms with van der Waals surface area (Å²) in [6, 6.07) is 2.28. The molecular formula is C56H84N11O16PS. The van der Waals surface area contributed by atoms with E-state index in [-0.39, 0.29) is 131 Å². The molecule has 0 saturated heterocycles. The largest absolute Gasteiger partial charge is 0.506 e. The number of ether oxygens (including phenoxy) is 3. The fourth-order valence-corrected chi connectivity index (χ4v) is 11.2. The van der Waals surface area contributed by atoms with Gasteiger partial charge in [0.1, 0.15) is 22.5 Å². The predicted molar refractivity (Wildman–Crippen MR) is 314 cm³/mol. The number of nitrogens with one attached hydrogen (secondary N) is 6. The Hall–Kier alpha value is -6.78. The number of anilines is 1. The van der Waals surface area contributed by atoms with Crippen LogP contribution in [0, 0.1) is 17.8 Å². The van der Waals surface area contributed by atoms with E-state index in [1.165, 1.54) is 31.4 Å². The van der Waals surface area contributed by atoms with Gasteiger partial charge in [-0.05, 0) is 70.3 Å².